The molecular formula is C18H26ClN3O. The summed E-state index contributed by atoms with van der Waals surface area (Å²) in [4.78, 5) is 17.1. The minimum Gasteiger partial charge on any atom is -0.340 e. The number of piperazine rings is 1. The molecule has 0 spiro atoms. The van der Waals surface area contributed by atoms with E-state index in [4.69, 9.17) is 11.6 Å². The molecule has 1 aromatic carbocycles. The summed E-state index contributed by atoms with van der Waals surface area (Å²) in [5.41, 5.74) is 2.34. The van der Waals surface area contributed by atoms with Crippen LogP contribution in [0.5, 0.6) is 0 Å². The van der Waals surface area contributed by atoms with E-state index in [2.05, 4.69) is 28.4 Å². The zero-order chi connectivity index (χ0) is 16.2. The lowest BCUT2D eigenvalue weighted by Gasteiger charge is -2.36. The Morgan fingerprint density at radius 1 is 1.30 bits per heavy atom. The number of rotatable bonds is 3. The van der Waals surface area contributed by atoms with Gasteiger partial charge in [-0.2, -0.15) is 0 Å². The molecule has 0 radical (unpaired) electrons. The van der Waals surface area contributed by atoms with Crippen LogP contribution in [0.1, 0.15) is 24.0 Å². The molecule has 2 aliphatic heterocycles. The van der Waals surface area contributed by atoms with Gasteiger partial charge in [-0.25, -0.2) is 0 Å². The first-order chi connectivity index (χ1) is 11.1. The normalized spacial score (nSPS) is 23.0. The van der Waals surface area contributed by atoms with E-state index in [0.29, 0.717) is 5.91 Å². The third-order valence-electron chi connectivity index (χ3n) is 4.93. The lowest BCUT2D eigenvalue weighted by molar-refractivity contribution is -0.138. The molecule has 2 heterocycles. The SMILES string of the molecule is Cc1ccc(CN2CCCC(C(=O)N3CCNCC3)C2)cc1Cl. The van der Waals surface area contributed by atoms with Gasteiger partial charge >= 0.3 is 0 Å². The second kappa shape index (κ2) is 7.65. The summed E-state index contributed by atoms with van der Waals surface area (Å²) in [7, 11) is 0. The first kappa shape index (κ1) is 16.7. The predicted octanol–water partition coefficient (Wildman–Crippen LogP) is 2.29. The lowest BCUT2D eigenvalue weighted by atomic mass is 9.95. The maximum Gasteiger partial charge on any atom is 0.227 e. The molecule has 1 N–H and O–H groups in total. The number of nitrogens with zero attached hydrogens (tertiary/aromatic N) is 2. The highest BCUT2D eigenvalue weighted by atomic mass is 35.5. The number of likely N-dealkylation sites (tertiary alicyclic amines) is 1. The summed E-state index contributed by atoms with van der Waals surface area (Å²) in [6.45, 7) is 8.38. The van der Waals surface area contributed by atoms with Gasteiger partial charge in [0.1, 0.15) is 0 Å². The number of amides is 1. The molecule has 23 heavy (non-hydrogen) atoms. The minimum absolute atomic E-state index is 0.155. The molecule has 1 amide bonds. The molecule has 3 rings (SSSR count). The molecule has 126 valence electrons. The third-order valence-corrected chi connectivity index (χ3v) is 5.33. The van der Waals surface area contributed by atoms with E-state index in [1.54, 1.807) is 0 Å². The van der Waals surface area contributed by atoms with Crippen LogP contribution in [0.2, 0.25) is 5.02 Å². The van der Waals surface area contributed by atoms with Gasteiger partial charge in [0.05, 0.1) is 5.92 Å². The van der Waals surface area contributed by atoms with Crippen LogP contribution in [0.4, 0.5) is 0 Å². The molecule has 5 heteroatoms. The molecule has 2 aliphatic rings. The predicted molar refractivity (Wildman–Crippen MR) is 93.6 cm³/mol. The van der Waals surface area contributed by atoms with Crippen molar-refractivity contribution in [1.82, 2.24) is 15.1 Å². The molecular weight excluding hydrogens is 310 g/mol. The monoisotopic (exact) mass is 335 g/mol. The van der Waals surface area contributed by atoms with Crippen molar-refractivity contribution >= 4 is 17.5 Å². The van der Waals surface area contributed by atoms with Crippen LogP contribution in [-0.2, 0) is 11.3 Å². The fourth-order valence-corrected chi connectivity index (χ4v) is 3.74. The van der Waals surface area contributed by atoms with Crippen molar-refractivity contribution < 1.29 is 4.79 Å². The quantitative estimate of drug-likeness (QED) is 0.920. The van der Waals surface area contributed by atoms with Gasteiger partial charge in [-0.1, -0.05) is 23.7 Å². The lowest BCUT2D eigenvalue weighted by Crippen LogP contribution is -2.51. The van der Waals surface area contributed by atoms with Crippen molar-refractivity contribution in [3.63, 3.8) is 0 Å². The Morgan fingerprint density at radius 3 is 2.83 bits per heavy atom. The van der Waals surface area contributed by atoms with Crippen LogP contribution in [-0.4, -0.2) is 55.0 Å². The van der Waals surface area contributed by atoms with Gasteiger partial charge in [-0.05, 0) is 43.5 Å². The minimum atomic E-state index is 0.155. The average Bonchev–Trinajstić information content (AvgIpc) is 2.58. The Morgan fingerprint density at radius 2 is 2.09 bits per heavy atom. The summed E-state index contributed by atoms with van der Waals surface area (Å²) in [6, 6.07) is 6.27. The Balaban J connectivity index is 1.59. The van der Waals surface area contributed by atoms with Crippen LogP contribution in [0.15, 0.2) is 18.2 Å². The molecule has 2 saturated heterocycles. The smallest absolute Gasteiger partial charge is 0.227 e. The number of aryl methyl sites for hydroxylation is 1. The topological polar surface area (TPSA) is 35.6 Å². The Bertz CT molecular complexity index is 557. The zero-order valence-corrected chi connectivity index (χ0v) is 14.6. The molecule has 2 fully saturated rings. The molecule has 1 unspecified atom stereocenters. The van der Waals surface area contributed by atoms with E-state index in [1.807, 2.05) is 11.8 Å². The van der Waals surface area contributed by atoms with Crippen molar-refractivity contribution in [2.45, 2.75) is 26.3 Å². The number of carbonyl (C=O) groups excluding carboxylic acids is 1. The Labute approximate surface area is 143 Å². The molecule has 1 aromatic rings. The Hall–Kier alpha value is -1.10. The molecule has 0 aromatic heterocycles. The largest absolute Gasteiger partial charge is 0.340 e. The van der Waals surface area contributed by atoms with Crippen molar-refractivity contribution in [3.8, 4) is 0 Å². The van der Waals surface area contributed by atoms with E-state index >= 15 is 0 Å². The van der Waals surface area contributed by atoms with Gasteiger partial charge in [0.2, 0.25) is 5.91 Å². The number of halogens is 1. The number of benzene rings is 1. The number of carbonyl (C=O) groups is 1. The molecule has 0 saturated carbocycles. The van der Waals surface area contributed by atoms with E-state index in [-0.39, 0.29) is 5.92 Å². The van der Waals surface area contributed by atoms with E-state index in [9.17, 15) is 4.79 Å². The van der Waals surface area contributed by atoms with Crippen LogP contribution < -0.4 is 5.32 Å². The molecule has 0 aliphatic carbocycles. The van der Waals surface area contributed by atoms with Crippen LogP contribution >= 0.6 is 11.6 Å². The van der Waals surface area contributed by atoms with Crippen molar-refractivity contribution in [1.29, 1.82) is 0 Å². The molecule has 4 nitrogen and oxygen atoms in total. The summed E-state index contributed by atoms with van der Waals surface area (Å²) < 4.78 is 0. The fourth-order valence-electron chi connectivity index (χ4n) is 3.54. The van der Waals surface area contributed by atoms with Gasteiger partial charge in [-0.3, -0.25) is 9.69 Å². The summed E-state index contributed by atoms with van der Waals surface area (Å²) >= 11 is 6.23. The highest BCUT2D eigenvalue weighted by molar-refractivity contribution is 6.31. The number of hydrogen-bond donors (Lipinski definition) is 1. The highest BCUT2D eigenvalue weighted by Crippen LogP contribution is 2.23. The summed E-state index contributed by atoms with van der Waals surface area (Å²) in [5.74, 6) is 0.501. The van der Waals surface area contributed by atoms with Gasteiger partial charge in [0.25, 0.3) is 0 Å². The summed E-state index contributed by atoms with van der Waals surface area (Å²) in [5, 5.41) is 4.13. The Kier molecular flexibility index (Phi) is 5.57. The fraction of sp³-hybridized carbons (Fsp3) is 0.611. The zero-order valence-electron chi connectivity index (χ0n) is 13.9. The molecule has 1 atom stereocenters. The second-order valence-electron chi connectivity index (χ2n) is 6.73. The number of hydrogen-bond acceptors (Lipinski definition) is 3. The highest BCUT2D eigenvalue weighted by Gasteiger charge is 2.29. The third kappa shape index (κ3) is 4.25. The van der Waals surface area contributed by atoms with E-state index < -0.39 is 0 Å². The number of nitrogens with one attached hydrogen (secondary N) is 1. The first-order valence-corrected chi connectivity index (χ1v) is 8.98. The van der Waals surface area contributed by atoms with Gasteiger partial charge in [0.15, 0.2) is 0 Å². The van der Waals surface area contributed by atoms with Crippen LogP contribution in [0, 0.1) is 12.8 Å². The van der Waals surface area contributed by atoms with Crippen molar-refractivity contribution in [2.75, 3.05) is 39.3 Å². The molecule has 0 bridgehead atoms. The number of piperidine rings is 1. The summed E-state index contributed by atoms with van der Waals surface area (Å²) in [6.07, 6.45) is 2.12. The van der Waals surface area contributed by atoms with Gasteiger partial charge in [0, 0.05) is 44.3 Å². The van der Waals surface area contributed by atoms with Crippen molar-refractivity contribution in [3.05, 3.63) is 34.3 Å². The maximum absolute atomic E-state index is 12.7. The standard InChI is InChI=1S/C18H26ClN3O/c1-14-4-5-15(11-17(14)19)12-21-8-2-3-16(13-21)18(23)22-9-6-20-7-10-22/h4-5,11,16,20H,2-3,6-10,12-13H2,1H3. The maximum atomic E-state index is 12.7. The van der Waals surface area contributed by atoms with Gasteiger partial charge < -0.3 is 10.2 Å². The van der Waals surface area contributed by atoms with E-state index in [0.717, 1.165) is 69.2 Å². The second-order valence-corrected chi connectivity index (χ2v) is 7.14. The average molecular weight is 336 g/mol. The van der Waals surface area contributed by atoms with Crippen LogP contribution in [0.3, 0.4) is 0 Å². The van der Waals surface area contributed by atoms with Gasteiger partial charge in [-0.15, -0.1) is 0 Å². The van der Waals surface area contributed by atoms with Crippen LogP contribution in [0.25, 0.3) is 0 Å². The first-order valence-electron chi connectivity index (χ1n) is 8.60. The van der Waals surface area contributed by atoms with Crippen molar-refractivity contribution in [2.24, 2.45) is 5.92 Å². The van der Waals surface area contributed by atoms with E-state index in [1.165, 1.54) is 5.56 Å².